The fourth-order valence-corrected chi connectivity index (χ4v) is 2.40. The Hall–Kier alpha value is -2.19. The summed E-state index contributed by atoms with van der Waals surface area (Å²) >= 11 is 0. The van der Waals surface area contributed by atoms with E-state index in [-0.39, 0.29) is 11.3 Å². The van der Waals surface area contributed by atoms with E-state index in [1.54, 1.807) is 6.07 Å². The number of aliphatic carboxylic acids is 1. The van der Waals surface area contributed by atoms with Crippen LogP contribution in [0.15, 0.2) is 29.8 Å². The summed E-state index contributed by atoms with van der Waals surface area (Å²) in [5.41, 5.74) is -0.616. The van der Waals surface area contributed by atoms with Crippen LogP contribution in [-0.4, -0.2) is 30.0 Å². The number of fused-ring (bicyclic) bond motifs is 1. The average molecular weight is 340 g/mol. The van der Waals surface area contributed by atoms with Crippen molar-refractivity contribution in [1.29, 1.82) is 0 Å². The van der Waals surface area contributed by atoms with Gasteiger partial charge in [0.1, 0.15) is 18.3 Å². The summed E-state index contributed by atoms with van der Waals surface area (Å²) in [7, 11) is 0. The summed E-state index contributed by atoms with van der Waals surface area (Å²) in [6.45, 7) is -0.763. The molecule has 1 aliphatic rings. The van der Waals surface area contributed by atoms with Gasteiger partial charge in [-0.25, -0.2) is 0 Å². The van der Waals surface area contributed by atoms with Crippen LogP contribution < -0.4 is 4.74 Å². The molecule has 9 heteroatoms. The van der Waals surface area contributed by atoms with Gasteiger partial charge in [-0.15, -0.1) is 0 Å². The summed E-state index contributed by atoms with van der Waals surface area (Å²) < 4.78 is 83.1. The Morgan fingerprint density at radius 2 is 1.70 bits per heavy atom. The third-order valence-corrected chi connectivity index (χ3v) is 3.36. The van der Waals surface area contributed by atoms with Crippen molar-refractivity contribution in [2.45, 2.75) is 12.4 Å². The van der Waals surface area contributed by atoms with Crippen LogP contribution in [0.25, 0.3) is 6.08 Å². The highest BCUT2D eigenvalue weighted by molar-refractivity contribution is 5.73. The van der Waals surface area contributed by atoms with Gasteiger partial charge in [0.2, 0.25) is 0 Å². The Balaban J connectivity index is 2.53. The van der Waals surface area contributed by atoms with Crippen molar-refractivity contribution in [3.63, 3.8) is 0 Å². The molecular formula is C14H10F6O3. The third-order valence-electron chi connectivity index (χ3n) is 3.36. The number of ether oxygens (including phenoxy) is 1. The predicted octanol–water partition coefficient (Wildman–Crippen LogP) is 3.90. The molecule has 2 unspecified atom stereocenters. The van der Waals surface area contributed by atoms with Crippen molar-refractivity contribution in [1.82, 2.24) is 0 Å². The lowest BCUT2D eigenvalue weighted by molar-refractivity contribution is -0.247. The monoisotopic (exact) mass is 340 g/mol. The summed E-state index contributed by atoms with van der Waals surface area (Å²) in [5.74, 6) is -9.17. The molecule has 1 aromatic carbocycles. The largest absolute Gasteiger partial charge is 0.489 e. The highest BCUT2D eigenvalue weighted by Crippen LogP contribution is 2.46. The zero-order chi connectivity index (χ0) is 17.4. The molecule has 1 aliphatic heterocycles. The molecule has 126 valence electrons. The summed E-state index contributed by atoms with van der Waals surface area (Å²) in [4.78, 5) is 10.8. The quantitative estimate of drug-likeness (QED) is 0.849. The number of para-hydroxylation sites is 1. The molecule has 0 radical (unpaired) electrons. The van der Waals surface area contributed by atoms with Gasteiger partial charge < -0.3 is 9.84 Å². The zero-order valence-corrected chi connectivity index (χ0v) is 11.3. The van der Waals surface area contributed by atoms with Gasteiger partial charge in [0.05, 0.1) is 0 Å². The number of carbonyl (C=O) groups is 1. The molecule has 0 spiro atoms. The molecule has 0 amide bonds. The van der Waals surface area contributed by atoms with Crippen LogP contribution in [0.5, 0.6) is 5.75 Å². The standard InChI is InChI=1S/C14H10F6O3/c15-13(16,17)10(11(12(21)22)14(18,19)20)8-5-7-3-1-2-4-9(7)23-6-8/h1-5,10-11H,6H2,(H,21,22). The van der Waals surface area contributed by atoms with E-state index in [2.05, 4.69) is 0 Å². The van der Waals surface area contributed by atoms with Gasteiger partial charge in [-0.3, -0.25) is 4.79 Å². The number of carboxylic acid groups (broad SMARTS) is 1. The molecule has 0 saturated heterocycles. The van der Waals surface area contributed by atoms with E-state index in [4.69, 9.17) is 9.84 Å². The summed E-state index contributed by atoms with van der Waals surface area (Å²) in [6.07, 6.45) is -10.0. The maximum absolute atomic E-state index is 13.2. The molecule has 0 aromatic heterocycles. The minimum atomic E-state index is -5.55. The molecule has 0 saturated carbocycles. The maximum Gasteiger partial charge on any atom is 0.403 e. The van der Waals surface area contributed by atoms with Crippen LogP contribution in [0.4, 0.5) is 26.3 Å². The van der Waals surface area contributed by atoms with Crippen molar-refractivity contribution >= 4 is 12.0 Å². The second-order valence-electron chi connectivity index (χ2n) is 4.92. The average Bonchev–Trinajstić information content (AvgIpc) is 2.41. The third kappa shape index (κ3) is 3.59. The molecule has 1 aromatic rings. The second kappa shape index (κ2) is 5.78. The topological polar surface area (TPSA) is 46.5 Å². The van der Waals surface area contributed by atoms with Crippen LogP contribution in [0.3, 0.4) is 0 Å². The minimum absolute atomic E-state index is 0.161. The Labute approximate surface area is 126 Å². The number of alkyl halides is 6. The maximum atomic E-state index is 13.2. The van der Waals surface area contributed by atoms with Crippen LogP contribution in [-0.2, 0) is 4.79 Å². The van der Waals surface area contributed by atoms with Crippen molar-refractivity contribution in [2.75, 3.05) is 6.61 Å². The van der Waals surface area contributed by atoms with Gasteiger partial charge in [0.25, 0.3) is 0 Å². The van der Waals surface area contributed by atoms with E-state index < -0.39 is 42.3 Å². The lowest BCUT2D eigenvalue weighted by Gasteiger charge is -2.31. The van der Waals surface area contributed by atoms with E-state index in [0.29, 0.717) is 0 Å². The Morgan fingerprint density at radius 3 is 2.22 bits per heavy atom. The molecular weight excluding hydrogens is 330 g/mol. The Bertz CT molecular complexity index is 632. The van der Waals surface area contributed by atoms with E-state index in [9.17, 15) is 31.1 Å². The molecule has 2 atom stereocenters. The number of hydrogen-bond donors (Lipinski definition) is 1. The summed E-state index contributed by atoms with van der Waals surface area (Å²) in [6, 6.07) is 5.84. The molecule has 0 aliphatic carbocycles. The van der Waals surface area contributed by atoms with E-state index in [1.807, 2.05) is 0 Å². The van der Waals surface area contributed by atoms with Crippen molar-refractivity contribution in [3.8, 4) is 5.75 Å². The molecule has 2 rings (SSSR count). The number of hydrogen-bond acceptors (Lipinski definition) is 2. The molecule has 23 heavy (non-hydrogen) atoms. The first kappa shape index (κ1) is 17.2. The number of rotatable bonds is 3. The lowest BCUT2D eigenvalue weighted by atomic mass is 9.83. The zero-order valence-electron chi connectivity index (χ0n) is 11.3. The summed E-state index contributed by atoms with van der Waals surface area (Å²) in [5, 5.41) is 8.68. The van der Waals surface area contributed by atoms with E-state index in [1.165, 1.54) is 18.2 Å². The first-order chi connectivity index (χ1) is 10.5. The Morgan fingerprint density at radius 1 is 1.09 bits per heavy atom. The fourth-order valence-electron chi connectivity index (χ4n) is 2.40. The highest BCUT2D eigenvalue weighted by Gasteiger charge is 2.60. The van der Waals surface area contributed by atoms with Crippen molar-refractivity contribution in [2.24, 2.45) is 11.8 Å². The fraction of sp³-hybridized carbons (Fsp3) is 0.357. The van der Waals surface area contributed by atoms with E-state index in [0.717, 1.165) is 6.08 Å². The highest BCUT2D eigenvalue weighted by atomic mass is 19.4. The predicted molar refractivity (Wildman–Crippen MR) is 66.6 cm³/mol. The normalized spacial score (nSPS) is 17.6. The SMILES string of the molecule is O=C(O)C(C(C1=Cc2ccccc2OC1)C(F)(F)F)C(F)(F)F. The van der Waals surface area contributed by atoms with Crippen LogP contribution in [0, 0.1) is 11.8 Å². The minimum Gasteiger partial charge on any atom is -0.489 e. The van der Waals surface area contributed by atoms with E-state index >= 15 is 0 Å². The second-order valence-corrected chi connectivity index (χ2v) is 4.92. The first-order valence-corrected chi connectivity index (χ1v) is 6.30. The van der Waals surface area contributed by atoms with Crippen molar-refractivity contribution in [3.05, 3.63) is 35.4 Å². The number of halogens is 6. The molecule has 3 nitrogen and oxygen atoms in total. The van der Waals surface area contributed by atoms with Crippen molar-refractivity contribution < 1.29 is 41.0 Å². The van der Waals surface area contributed by atoms with Gasteiger partial charge in [0, 0.05) is 5.56 Å². The van der Waals surface area contributed by atoms with Gasteiger partial charge in [-0.05, 0) is 17.7 Å². The smallest absolute Gasteiger partial charge is 0.403 e. The van der Waals surface area contributed by atoms with Crippen LogP contribution in [0.1, 0.15) is 5.56 Å². The van der Waals surface area contributed by atoms with Crippen LogP contribution >= 0.6 is 0 Å². The number of benzene rings is 1. The molecule has 0 bridgehead atoms. The molecule has 1 N–H and O–H groups in total. The molecule has 1 heterocycles. The lowest BCUT2D eigenvalue weighted by Crippen LogP contribution is -2.45. The molecule has 0 fully saturated rings. The number of carboxylic acids is 1. The van der Waals surface area contributed by atoms with Gasteiger partial charge in [-0.2, -0.15) is 26.3 Å². The van der Waals surface area contributed by atoms with Gasteiger partial charge in [-0.1, -0.05) is 18.2 Å². The van der Waals surface area contributed by atoms with Gasteiger partial charge >= 0.3 is 18.3 Å². The van der Waals surface area contributed by atoms with Gasteiger partial charge in [0.15, 0.2) is 5.92 Å². The Kier molecular flexibility index (Phi) is 4.32. The van der Waals surface area contributed by atoms with Crippen LogP contribution in [0.2, 0.25) is 0 Å². The first-order valence-electron chi connectivity index (χ1n) is 6.30.